The monoisotopic (exact) mass is 676 g/mol. The van der Waals surface area contributed by atoms with Crippen molar-refractivity contribution in [2.24, 2.45) is 0 Å². The third-order valence-corrected chi connectivity index (χ3v) is 9.53. The van der Waals surface area contributed by atoms with Gasteiger partial charge >= 0.3 is 29.7 Å². The van der Waals surface area contributed by atoms with E-state index < -0.39 is 69.4 Å². The van der Waals surface area contributed by atoms with Crippen LogP contribution >= 0.6 is 11.8 Å². The summed E-state index contributed by atoms with van der Waals surface area (Å²) in [6.07, 6.45) is 0.293. The number of carbonyl (C=O) groups excluding carboxylic acids is 8. The van der Waals surface area contributed by atoms with Gasteiger partial charge in [0.1, 0.15) is 11.4 Å². The van der Waals surface area contributed by atoms with E-state index in [9.17, 15) is 48.3 Å². The Morgan fingerprint density at radius 3 is 2.26 bits per heavy atom. The van der Waals surface area contributed by atoms with Gasteiger partial charge in [-0.3, -0.25) is 43.3 Å². The van der Waals surface area contributed by atoms with Gasteiger partial charge in [-0.15, -0.1) is 11.8 Å². The Morgan fingerprint density at radius 2 is 1.70 bits per heavy atom. The molecule has 0 aromatic heterocycles. The Hall–Kier alpha value is -5.20. The molecule has 0 aliphatic carbocycles. The van der Waals surface area contributed by atoms with Crippen molar-refractivity contribution in [2.75, 3.05) is 19.6 Å². The van der Waals surface area contributed by atoms with E-state index >= 15 is 0 Å². The number of carboxylic acids is 1. The number of amides is 6. The van der Waals surface area contributed by atoms with Crippen LogP contribution in [0, 0.1) is 0 Å². The van der Waals surface area contributed by atoms with E-state index in [-0.39, 0.29) is 49.5 Å². The Morgan fingerprint density at radius 1 is 1.06 bits per heavy atom. The van der Waals surface area contributed by atoms with Crippen LogP contribution in [0.25, 0.3) is 0 Å². The molecule has 3 N–H and O–H groups in total. The molecule has 3 aliphatic heterocycles. The van der Waals surface area contributed by atoms with Crippen LogP contribution in [0.2, 0.25) is 0 Å². The number of hydrogen-bond acceptors (Lipinski definition) is 12. The Balaban J connectivity index is 1.76. The highest BCUT2D eigenvalue weighted by Crippen LogP contribution is 2.55. The van der Waals surface area contributed by atoms with Gasteiger partial charge in [-0.2, -0.15) is 0 Å². The van der Waals surface area contributed by atoms with E-state index in [4.69, 9.17) is 9.47 Å². The van der Waals surface area contributed by atoms with E-state index in [0.717, 1.165) is 41.6 Å². The molecule has 252 valence electrons. The van der Waals surface area contributed by atoms with Crippen LogP contribution in [0.15, 0.2) is 18.2 Å². The summed E-state index contributed by atoms with van der Waals surface area (Å²) >= 11 is 1.00. The number of carboxylic acid groups (broad SMARTS) is 1. The van der Waals surface area contributed by atoms with E-state index in [0.29, 0.717) is 5.01 Å². The largest absolute Gasteiger partial charge is 0.478 e. The highest BCUT2D eigenvalue weighted by Gasteiger charge is 2.73. The van der Waals surface area contributed by atoms with Gasteiger partial charge in [-0.25, -0.2) is 14.8 Å². The number of fused-ring (bicyclic) bond motifs is 1. The first-order valence-corrected chi connectivity index (χ1v) is 15.0. The van der Waals surface area contributed by atoms with E-state index in [1.165, 1.54) is 30.9 Å². The molecule has 1 unspecified atom stereocenters. The third-order valence-electron chi connectivity index (χ3n) is 7.92. The summed E-state index contributed by atoms with van der Waals surface area (Å²) in [7, 11) is 0. The summed E-state index contributed by atoms with van der Waals surface area (Å²) in [4.78, 5) is 116. The van der Waals surface area contributed by atoms with Crippen LogP contribution in [0.5, 0.6) is 11.5 Å². The number of β-lactam (4-membered cyclic amide) rings is 1. The molecular formula is C28H32N6O12S. The van der Waals surface area contributed by atoms with Crippen molar-refractivity contribution in [3.63, 3.8) is 0 Å². The summed E-state index contributed by atoms with van der Waals surface area (Å²) in [6.45, 7) is 6.86. The van der Waals surface area contributed by atoms with E-state index in [1.807, 2.05) is 0 Å². The second kappa shape index (κ2) is 12.9. The maximum absolute atomic E-state index is 14.1. The molecular weight excluding hydrogens is 644 g/mol. The van der Waals surface area contributed by atoms with Crippen molar-refractivity contribution >= 4 is 66.1 Å². The number of thioether (sulfide) groups is 1. The fourth-order valence-corrected chi connectivity index (χ4v) is 7.48. The topological polar surface area (TPSA) is 229 Å². The lowest BCUT2D eigenvalue weighted by molar-refractivity contribution is -0.179. The smallest absolute Gasteiger partial charge is 0.352 e. The highest BCUT2D eigenvalue weighted by molar-refractivity contribution is 8.01. The number of nitrogens with zero attached hydrogens (tertiary/aromatic N) is 4. The quantitative estimate of drug-likeness (QED) is 0.0742. The van der Waals surface area contributed by atoms with Crippen LogP contribution in [0.4, 0.5) is 0 Å². The minimum Gasteiger partial charge on any atom is -0.478 e. The fourth-order valence-electron chi connectivity index (χ4n) is 5.77. The average Bonchev–Trinajstić information content (AvgIpc) is 3.21. The zero-order chi connectivity index (χ0) is 35.0. The molecule has 19 heteroatoms. The second-order valence-corrected chi connectivity index (χ2v) is 12.8. The maximum atomic E-state index is 14.1. The molecule has 4 atom stereocenters. The Labute approximate surface area is 271 Å². The molecule has 47 heavy (non-hydrogen) atoms. The number of carbonyl (C=O) groups is 9. The molecule has 3 heterocycles. The SMILES string of the molecule is CCN1CCN(N(C=O)C(C(=O)N[C@H]2C(=O)N3[C@@H]2SC(C)(C)[C@]3(NC=O)C(=O)O)c2ccc(OC(C)=O)c(OC(C)=O)c2)C(=O)C1=O. The van der Waals surface area contributed by atoms with Gasteiger partial charge in [-0.1, -0.05) is 6.07 Å². The number of hydrazine groups is 1. The summed E-state index contributed by atoms with van der Waals surface area (Å²) in [5, 5.41) is 15.3. The number of piperazine rings is 1. The fraction of sp³-hybridized carbons (Fsp3) is 0.464. The zero-order valence-electron chi connectivity index (χ0n) is 25.9. The first kappa shape index (κ1) is 34.7. The van der Waals surface area contributed by atoms with Crippen molar-refractivity contribution in [3.05, 3.63) is 23.8 Å². The molecule has 3 fully saturated rings. The minimum atomic E-state index is -2.15. The predicted molar refractivity (Wildman–Crippen MR) is 157 cm³/mol. The lowest BCUT2D eigenvalue weighted by Crippen LogP contribution is -2.79. The average molecular weight is 677 g/mol. The first-order chi connectivity index (χ1) is 22.1. The van der Waals surface area contributed by atoms with Gasteiger partial charge in [0.25, 0.3) is 5.91 Å². The molecule has 3 aliphatic rings. The van der Waals surface area contributed by atoms with Crippen molar-refractivity contribution in [3.8, 4) is 11.5 Å². The van der Waals surface area contributed by atoms with Crippen molar-refractivity contribution in [2.45, 2.75) is 62.5 Å². The van der Waals surface area contributed by atoms with E-state index in [1.54, 1.807) is 6.92 Å². The number of rotatable bonds is 12. The summed E-state index contributed by atoms with van der Waals surface area (Å²) in [5.41, 5.74) is -2.24. The summed E-state index contributed by atoms with van der Waals surface area (Å²) in [6, 6.07) is 0.405. The number of benzene rings is 1. The van der Waals surface area contributed by atoms with Crippen LogP contribution in [-0.4, -0.2) is 121 Å². The third kappa shape index (κ3) is 5.81. The lowest BCUT2D eigenvalue weighted by Gasteiger charge is -2.49. The lowest BCUT2D eigenvalue weighted by atomic mass is 9.88. The standard InChI is InChI=1S/C28H32N6O12S/c1-6-31-9-10-32(24(42)23(31)41)33(13-36)20(16-7-8-17(45-14(2)37)18(11-16)46-15(3)38)21(39)30-19-22(40)34-25(19)47-27(4,5)28(34,26(43)44)29-12-35/h7-8,11-13,19-20,25H,6,9-10H2,1-5H3,(H,29,35)(H,30,39)(H,43,44)/t19-,20?,25+,28-/m0/s1. The van der Waals surface area contributed by atoms with Crippen molar-refractivity contribution in [1.82, 2.24) is 30.5 Å². The molecule has 6 amide bonds. The van der Waals surface area contributed by atoms with Gasteiger partial charge in [0.05, 0.1) is 11.3 Å². The Bertz CT molecular complexity index is 1570. The molecule has 3 saturated heterocycles. The first-order valence-electron chi connectivity index (χ1n) is 14.2. The highest BCUT2D eigenvalue weighted by atomic mass is 32.2. The molecule has 0 radical (unpaired) electrons. The molecule has 0 saturated carbocycles. The van der Waals surface area contributed by atoms with E-state index in [2.05, 4.69) is 10.6 Å². The normalized spacial score (nSPS) is 23.6. The number of likely N-dealkylation sites (N-methyl/N-ethyl adjacent to an activating group) is 1. The van der Waals surface area contributed by atoms with Crippen LogP contribution < -0.4 is 20.1 Å². The van der Waals surface area contributed by atoms with Gasteiger partial charge in [0.2, 0.25) is 24.4 Å². The van der Waals surface area contributed by atoms with Crippen LogP contribution in [0.3, 0.4) is 0 Å². The number of nitrogens with one attached hydrogen (secondary N) is 2. The molecule has 0 spiro atoms. The number of hydrogen-bond donors (Lipinski definition) is 3. The molecule has 4 rings (SSSR count). The molecule has 0 bridgehead atoms. The zero-order valence-corrected chi connectivity index (χ0v) is 26.7. The van der Waals surface area contributed by atoms with Crippen LogP contribution in [0.1, 0.15) is 46.2 Å². The number of ether oxygens (including phenoxy) is 2. The predicted octanol–water partition coefficient (Wildman–Crippen LogP) is -1.65. The number of esters is 2. The van der Waals surface area contributed by atoms with Gasteiger partial charge < -0.3 is 30.1 Å². The Kier molecular flexibility index (Phi) is 9.51. The van der Waals surface area contributed by atoms with Gasteiger partial charge in [0, 0.05) is 26.9 Å². The molecule has 18 nitrogen and oxygen atoms in total. The molecule has 1 aromatic carbocycles. The minimum absolute atomic E-state index is 0.0225. The van der Waals surface area contributed by atoms with Crippen molar-refractivity contribution < 1.29 is 57.7 Å². The summed E-state index contributed by atoms with van der Waals surface area (Å²) < 4.78 is 8.98. The summed E-state index contributed by atoms with van der Waals surface area (Å²) in [5.74, 6) is -7.59. The maximum Gasteiger partial charge on any atom is 0.352 e. The van der Waals surface area contributed by atoms with Crippen LogP contribution in [-0.2, 0) is 43.2 Å². The van der Waals surface area contributed by atoms with Gasteiger partial charge in [-0.05, 0) is 38.5 Å². The molecule has 1 aromatic rings. The van der Waals surface area contributed by atoms with Crippen molar-refractivity contribution in [1.29, 1.82) is 0 Å². The number of aliphatic carboxylic acids is 1. The van der Waals surface area contributed by atoms with Gasteiger partial charge in [0.15, 0.2) is 17.5 Å². The second-order valence-electron chi connectivity index (χ2n) is 11.1.